The summed E-state index contributed by atoms with van der Waals surface area (Å²) in [6.45, 7) is 2.15. The molecule has 1 aromatic rings. The van der Waals surface area contributed by atoms with E-state index in [1.807, 2.05) is 6.07 Å². The molecule has 1 atom stereocenters. The van der Waals surface area contributed by atoms with Gasteiger partial charge in [0.1, 0.15) is 5.75 Å². The first-order chi connectivity index (χ1) is 8.54. The molecule has 0 saturated carbocycles. The number of carbonyl (C=O) groups is 2. The minimum Gasteiger partial charge on any atom is -0.449 e. The predicted molar refractivity (Wildman–Crippen MR) is 64.7 cm³/mol. The van der Waals surface area contributed by atoms with Crippen molar-refractivity contribution < 1.29 is 19.4 Å². The number of hydrogen-bond donors (Lipinski definition) is 2. The Morgan fingerprint density at radius 3 is 2.78 bits per heavy atom. The fraction of sp³-hybridized carbons (Fsp3) is 0.385. The lowest BCUT2D eigenvalue weighted by Gasteiger charge is -2.08. The molecule has 1 unspecified atom stereocenters. The van der Waals surface area contributed by atoms with Crippen molar-refractivity contribution in [2.24, 2.45) is 5.92 Å². The van der Waals surface area contributed by atoms with Crippen molar-refractivity contribution in [2.45, 2.75) is 19.8 Å². The molecular formula is C13H15NO4. The maximum absolute atomic E-state index is 10.9. The molecule has 0 fully saturated rings. The van der Waals surface area contributed by atoms with E-state index in [2.05, 4.69) is 10.1 Å². The van der Waals surface area contributed by atoms with Gasteiger partial charge in [0.2, 0.25) is 5.91 Å². The fourth-order valence-corrected chi connectivity index (χ4v) is 2.28. The fourth-order valence-electron chi connectivity index (χ4n) is 2.28. The third-order valence-electron chi connectivity index (χ3n) is 3.04. The monoisotopic (exact) mass is 249 g/mol. The van der Waals surface area contributed by atoms with Crippen molar-refractivity contribution in [3.63, 3.8) is 0 Å². The molecule has 1 amide bonds. The normalized spacial score (nSPS) is 17.1. The molecule has 1 aliphatic carbocycles. The van der Waals surface area contributed by atoms with Gasteiger partial charge in [-0.3, -0.25) is 4.79 Å². The number of rotatable bonds is 3. The summed E-state index contributed by atoms with van der Waals surface area (Å²) in [4.78, 5) is 21.3. The Hall–Kier alpha value is -2.04. The largest absolute Gasteiger partial charge is 0.511 e. The Bertz CT molecular complexity index is 484. The summed E-state index contributed by atoms with van der Waals surface area (Å²) in [7, 11) is 0. The Morgan fingerprint density at radius 2 is 2.11 bits per heavy atom. The number of carbonyl (C=O) groups excluding carboxylic acids is 1. The third-order valence-corrected chi connectivity index (χ3v) is 3.04. The SMILES string of the molecule is CC(=O)NCC1Cc2ccc(OC(=O)O)cc2C1. The van der Waals surface area contributed by atoms with E-state index in [9.17, 15) is 9.59 Å². The lowest BCUT2D eigenvalue weighted by Crippen LogP contribution is -2.27. The third kappa shape index (κ3) is 3.00. The average Bonchev–Trinajstić information content (AvgIpc) is 2.67. The smallest absolute Gasteiger partial charge is 0.449 e. The number of carboxylic acid groups (broad SMARTS) is 1. The molecule has 0 heterocycles. The molecule has 0 radical (unpaired) electrons. The number of amides is 1. The second kappa shape index (κ2) is 5.08. The Labute approximate surface area is 105 Å². The van der Waals surface area contributed by atoms with E-state index in [4.69, 9.17) is 5.11 Å². The lowest BCUT2D eigenvalue weighted by atomic mass is 10.1. The summed E-state index contributed by atoms with van der Waals surface area (Å²) < 4.78 is 4.62. The molecule has 18 heavy (non-hydrogen) atoms. The lowest BCUT2D eigenvalue weighted by molar-refractivity contribution is -0.119. The van der Waals surface area contributed by atoms with Crippen molar-refractivity contribution in [2.75, 3.05) is 6.54 Å². The topological polar surface area (TPSA) is 75.6 Å². The van der Waals surface area contributed by atoms with Crippen LogP contribution in [0, 0.1) is 5.92 Å². The molecule has 1 aromatic carbocycles. The van der Waals surface area contributed by atoms with Crippen LogP contribution in [0.3, 0.4) is 0 Å². The maximum Gasteiger partial charge on any atom is 0.511 e. The standard InChI is InChI=1S/C13H15NO4/c1-8(15)14-7-9-4-10-2-3-12(18-13(16)17)6-11(10)5-9/h2-3,6,9H,4-5,7H2,1H3,(H,14,15)(H,16,17). The van der Waals surface area contributed by atoms with Crippen molar-refractivity contribution in [1.29, 1.82) is 0 Å². The Kier molecular flexibility index (Phi) is 3.50. The van der Waals surface area contributed by atoms with Crippen LogP contribution in [0.25, 0.3) is 0 Å². The van der Waals surface area contributed by atoms with E-state index in [1.165, 1.54) is 12.5 Å². The van der Waals surface area contributed by atoms with Gasteiger partial charge in [-0.15, -0.1) is 0 Å². The molecule has 96 valence electrons. The molecule has 5 heteroatoms. The van der Waals surface area contributed by atoms with E-state index in [0.29, 0.717) is 18.2 Å². The number of nitrogens with one attached hydrogen (secondary N) is 1. The van der Waals surface area contributed by atoms with E-state index < -0.39 is 6.16 Å². The molecule has 2 N–H and O–H groups in total. The first-order valence-corrected chi connectivity index (χ1v) is 5.81. The molecule has 0 aliphatic heterocycles. The molecule has 5 nitrogen and oxygen atoms in total. The highest BCUT2D eigenvalue weighted by molar-refractivity contribution is 5.72. The Balaban J connectivity index is 2.01. The zero-order chi connectivity index (χ0) is 13.1. The summed E-state index contributed by atoms with van der Waals surface area (Å²) in [6, 6.07) is 5.31. The van der Waals surface area contributed by atoms with Crippen LogP contribution >= 0.6 is 0 Å². The number of fused-ring (bicyclic) bond motifs is 1. The average molecular weight is 249 g/mol. The minimum absolute atomic E-state index is 0.0270. The van der Waals surface area contributed by atoms with Crippen LogP contribution in [0.1, 0.15) is 18.1 Å². The summed E-state index contributed by atoms with van der Waals surface area (Å²) in [5.41, 5.74) is 2.30. The van der Waals surface area contributed by atoms with Gasteiger partial charge in [0.15, 0.2) is 0 Å². The zero-order valence-electron chi connectivity index (χ0n) is 10.1. The van der Waals surface area contributed by atoms with Crippen LogP contribution in [-0.4, -0.2) is 23.7 Å². The van der Waals surface area contributed by atoms with Crippen molar-refractivity contribution in [1.82, 2.24) is 5.32 Å². The van der Waals surface area contributed by atoms with Crippen LogP contribution in [0.15, 0.2) is 18.2 Å². The molecule has 0 saturated heterocycles. The highest BCUT2D eigenvalue weighted by atomic mass is 16.7. The summed E-state index contributed by atoms with van der Waals surface area (Å²) in [6.07, 6.45) is 0.442. The second-order valence-electron chi connectivity index (χ2n) is 4.51. The maximum atomic E-state index is 10.9. The van der Waals surface area contributed by atoms with Gasteiger partial charge in [0.25, 0.3) is 0 Å². The molecule has 2 rings (SSSR count). The zero-order valence-corrected chi connectivity index (χ0v) is 10.1. The number of ether oxygens (including phenoxy) is 1. The van der Waals surface area contributed by atoms with Gasteiger partial charge in [-0.05, 0) is 42.0 Å². The van der Waals surface area contributed by atoms with Gasteiger partial charge in [0, 0.05) is 13.5 Å². The van der Waals surface area contributed by atoms with Gasteiger partial charge < -0.3 is 15.2 Å². The van der Waals surface area contributed by atoms with E-state index in [-0.39, 0.29) is 5.91 Å². The van der Waals surface area contributed by atoms with Crippen LogP contribution < -0.4 is 10.1 Å². The van der Waals surface area contributed by atoms with Gasteiger partial charge in [-0.2, -0.15) is 0 Å². The van der Waals surface area contributed by atoms with Crippen molar-refractivity contribution >= 4 is 12.1 Å². The van der Waals surface area contributed by atoms with Gasteiger partial charge in [0.05, 0.1) is 0 Å². The first-order valence-electron chi connectivity index (χ1n) is 5.81. The second-order valence-corrected chi connectivity index (χ2v) is 4.51. The molecule has 0 spiro atoms. The van der Waals surface area contributed by atoms with Crippen LogP contribution in [-0.2, 0) is 17.6 Å². The number of benzene rings is 1. The first kappa shape index (κ1) is 12.4. The summed E-state index contributed by atoms with van der Waals surface area (Å²) in [5, 5.41) is 11.3. The van der Waals surface area contributed by atoms with Gasteiger partial charge in [-0.25, -0.2) is 4.79 Å². The van der Waals surface area contributed by atoms with Crippen molar-refractivity contribution in [3.8, 4) is 5.75 Å². The minimum atomic E-state index is -1.30. The number of hydrogen-bond acceptors (Lipinski definition) is 3. The summed E-state index contributed by atoms with van der Waals surface area (Å²) in [5.74, 6) is 0.700. The highest BCUT2D eigenvalue weighted by Crippen LogP contribution is 2.29. The van der Waals surface area contributed by atoms with Crippen LogP contribution in [0.5, 0.6) is 5.75 Å². The summed E-state index contributed by atoms with van der Waals surface area (Å²) >= 11 is 0. The van der Waals surface area contributed by atoms with Gasteiger partial charge in [-0.1, -0.05) is 6.07 Å². The predicted octanol–water partition coefficient (Wildman–Crippen LogP) is 1.59. The van der Waals surface area contributed by atoms with E-state index >= 15 is 0 Å². The van der Waals surface area contributed by atoms with Crippen LogP contribution in [0.2, 0.25) is 0 Å². The Morgan fingerprint density at radius 1 is 1.39 bits per heavy atom. The van der Waals surface area contributed by atoms with Crippen LogP contribution in [0.4, 0.5) is 4.79 Å². The van der Waals surface area contributed by atoms with Crippen molar-refractivity contribution in [3.05, 3.63) is 29.3 Å². The van der Waals surface area contributed by atoms with Gasteiger partial charge >= 0.3 is 6.16 Å². The molecule has 0 bridgehead atoms. The highest BCUT2D eigenvalue weighted by Gasteiger charge is 2.22. The molecule has 1 aliphatic rings. The molecular weight excluding hydrogens is 234 g/mol. The van der Waals surface area contributed by atoms with E-state index in [1.54, 1.807) is 12.1 Å². The van der Waals surface area contributed by atoms with E-state index in [0.717, 1.165) is 18.4 Å². The quantitative estimate of drug-likeness (QED) is 0.630. The molecule has 0 aromatic heterocycles.